The summed E-state index contributed by atoms with van der Waals surface area (Å²) in [5.74, 6) is -0.930. The number of anilines is 2. The zero-order valence-corrected chi connectivity index (χ0v) is 19.8. The highest BCUT2D eigenvalue weighted by Crippen LogP contribution is 2.42. The van der Waals surface area contributed by atoms with Crippen molar-refractivity contribution in [3.05, 3.63) is 95.6 Å². The molecule has 35 heavy (non-hydrogen) atoms. The number of piperazine rings is 1. The number of hydrogen-bond donors (Lipinski definition) is 1. The average molecular weight is 472 g/mol. The largest absolute Gasteiger partial charge is 0.503 e. The van der Waals surface area contributed by atoms with Gasteiger partial charge < -0.3 is 19.3 Å². The Bertz CT molecular complexity index is 1210. The first-order valence-corrected chi connectivity index (χ1v) is 11.9. The number of rotatable bonds is 7. The molecule has 0 spiro atoms. The van der Waals surface area contributed by atoms with Crippen molar-refractivity contribution < 1.29 is 19.1 Å². The van der Waals surface area contributed by atoms with Gasteiger partial charge in [0.2, 0.25) is 0 Å². The molecule has 1 N–H and O–H groups in total. The molecule has 1 amide bonds. The molecule has 2 aliphatic rings. The number of ketones is 1. The van der Waals surface area contributed by atoms with Gasteiger partial charge in [-0.05, 0) is 55.4 Å². The van der Waals surface area contributed by atoms with E-state index in [9.17, 15) is 14.7 Å². The minimum Gasteiger partial charge on any atom is -0.503 e. The minimum atomic E-state index is -0.810. The standard InChI is InChI=1S/C28H29N3O4/c1-29-15-17-30(18-16-29)21-10-12-22(13-11-21)31-26(24-8-5-19-35-24)25(27(33)28(31)34)23(32)14-9-20-6-3-2-4-7-20/h2-8,10-13,19,26,33H,9,14-18H2,1H3. The average Bonchev–Trinajstić information content (AvgIpc) is 3.51. The fourth-order valence-electron chi connectivity index (χ4n) is 4.80. The third kappa shape index (κ3) is 4.59. The summed E-state index contributed by atoms with van der Waals surface area (Å²) in [5.41, 5.74) is 2.80. The molecule has 1 aromatic heterocycles. The van der Waals surface area contributed by atoms with Crippen molar-refractivity contribution in [3.8, 4) is 0 Å². The molecule has 1 fully saturated rings. The van der Waals surface area contributed by atoms with Gasteiger partial charge in [-0.1, -0.05) is 30.3 Å². The van der Waals surface area contributed by atoms with E-state index in [1.54, 1.807) is 12.1 Å². The van der Waals surface area contributed by atoms with Gasteiger partial charge in [-0.2, -0.15) is 0 Å². The summed E-state index contributed by atoms with van der Waals surface area (Å²) in [5, 5.41) is 10.8. The van der Waals surface area contributed by atoms with Crippen LogP contribution < -0.4 is 9.80 Å². The normalized spacial score (nSPS) is 19.0. The molecule has 5 rings (SSSR count). The number of aryl methyl sites for hydroxylation is 1. The Kier molecular flexibility index (Phi) is 6.42. The molecule has 0 saturated carbocycles. The lowest BCUT2D eigenvalue weighted by Gasteiger charge is -2.34. The van der Waals surface area contributed by atoms with E-state index in [0.29, 0.717) is 17.9 Å². The van der Waals surface area contributed by atoms with Crippen LogP contribution in [0.2, 0.25) is 0 Å². The summed E-state index contributed by atoms with van der Waals surface area (Å²) in [7, 11) is 2.12. The van der Waals surface area contributed by atoms with E-state index in [0.717, 1.165) is 37.4 Å². The van der Waals surface area contributed by atoms with Gasteiger partial charge in [0, 0.05) is 44.0 Å². The van der Waals surface area contributed by atoms with Crippen molar-refractivity contribution >= 4 is 23.1 Å². The van der Waals surface area contributed by atoms with Crippen molar-refractivity contribution in [1.29, 1.82) is 0 Å². The summed E-state index contributed by atoms with van der Waals surface area (Å²) in [4.78, 5) is 32.6. The number of nitrogens with zero attached hydrogens (tertiary/aromatic N) is 3. The SMILES string of the molecule is CN1CCN(c2ccc(N3C(=O)C(O)=C(C(=O)CCc4ccccc4)C3c3ccco3)cc2)CC1. The molecule has 7 nitrogen and oxygen atoms in total. The second-order valence-corrected chi connectivity index (χ2v) is 9.07. The molecule has 2 aromatic carbocycles. The van der Waals surface area contributed by atoms with Crippen LogP contribution in [0.5, 0.6) is 0 Å². The fraction of sp³-hybridized carbons (Fsp3) is 0.286. The second kappa shape index (κ2) is 9.80. The Labute approximate surface area is 204 Å². The maximum Gasteiger partial charge on any atom is 0.294 e. The lowest BCUT2D eigenvalue weighted by molar-refractivity contribution is -0.118. The molecule has 0 radical (unpaired) electrons. The lowest BCUT2D eigenvalue weighted by atomic mass is 9.96. The highest BCUT2D eigenvalue weighted by Gasteiger charge is 2.45. The van der Waals surface area contributed by atoms with Crippen LogP contribution in [0.25, 0.3) is 0 Å². The van der Waals surface area contributed by atoms with Gasteiger partial charge in [0.1, 0.15) is 11.8 Å². The van der Waals surface area contributed by atoms with Crippen LogP contribution in [-0.2, 0) is 16.0 Å². The molecule has 3 aromatic rings. The maximum absolute atomic E-state index is 13.3. The second-order valence-electron chi connectivity index (χ2n) is 9.07. The number of aliphatic hydroxyl groups is 1. The molecule has 0 aliphatic carbocycles. The van der Waals surface area contributed by atoms with Crippen molar-refractivity contribution in [2.75, 3.05) is 43.0 Å². The molecular formula is C28H29N3O4. The quantitative estimate of drug-likeness (QED) is 0.558. The van der Waals surface area contributed by atoms with E-state index in [1.165, 1.54) is 11.2 Å². The van der Waals surface area contributed by atoms with Gasteiger partial charge in [-0.25, -0.2) is 0 Å². The number of benzene rings is 2. The van der Waals surface area contributed by atoms with E-state index < -0.39 is 17.7 Å². The van der Waals surface area contributed by atoms with Crippen LogP contribution in [0.4, 0.5) is 11.4 Å². The first-order chi connectivity index (χ1) is 17.0. The first-order valence-electron chi connectivity index (χ1n) is 11.9. The highest BCUT2D eigenvalue weighted by atomic mass is 16.3. The summed E-state index contributed by atoms with van der Waals surface area (Å²) in [6, 6.07) is 20.0. The Morgan fingerprint density at radius 1 is 0.943 bits per heavy atom. The summed E-state index contributed by atoms with van der Waals surface area (Å²) >= 11 is 0. The third-order valence-corrected chi connectivity index (χ3v) is 6.80. The molecule has 3 heterocycles. The number of carbonyl (C=O) groups excluding carboxylic acids is 2. The summed E-state index contributed by atoms with van der Waals surface area (Å²) in [6.07, 6.45) is 2.22. The number of carbonyl (C=O) groups is 2. The molecule has 0 bridgehead atoms. The van der Waals surface area contributed by atoms with Crippen molar-refractivity contribution in [2.45, 2.75) is 18.9 Å². The lowest BCUT2D eigenvalue weighted by Crippen LogP contribution is -2.44. The van der Waals surface area contributed by atoms with E-state index in [4.69, 9.17) is 4.42 Å². The Morgan fingerprint density at radius 3 is 2.29 bits per heavy atom. The number of hydrogen-bond acceptors (Lipinski definition) is 6. The monoisotopic (exact) mass is 471 g/mol. The predicted octanol–water partition coefficient (Wildman–Crippen LogP) is 4.13. The molecule has 1 atom stereocenters. The van der Waals surface area contributed by atoms with Crippen LogP contribution >= 0.6 is 0 Å². The van der Waals surface area contributed by atoms with Crippen LogP contribution in [0.3, 0.4) is 0 Å². The van der Waals surface area contributed by atoms with E-state index in [-0.39, 0.29) is 17.8 Å². The molecule has 7 heteroatoms. The number of aliphatic hydroxyl groups excluding tert-OH is 1. The third-order valence-electron chi connectivity index (χ3n) is 6.80. The molecule has 2 aliphatic heterocycles. The smallest absolute Gasteiger partial charge is 0.294 e. The van der Waals surface area contributed by atoms with E-state index in [1.807, 2.05) is 54.6 Å². The maximum atomic E-state index is 13.3. The van der Waals surface area contributed by atoms with Gasteiger partial charge in [-0.15, -0.1) is 0 Å². The Hall–Kier alpha value is -3.84. The van der Waals surface area contributed by atoms with Gasteiger partial charge in [-0.3, -0.25) is 14.5 Å². The highest BCUT2D eigenvalue weighted by molar-refractivity contribution is 6.16. The van der Waals surface area contributed by atoms with Crippen molar-refractivity contribution in [1.82, 2.24) is 4.90 Å². The van der Waals surface area contributed by atoms with Gasteiger partial charge in [0.05, 0.1) is 11.8 Å². The van der Waals surface area contributed by atoms with Crippen LogP contribution in [0.1, 0.15) is 23.8 Å². The number of Topliss-reactive ketones (excluding diaryl/α,β-unsaturated/α-hetero) is 1. The molecular weight excluding hydrogens is 442 g/mol. The van der Waals surface area contributed by atoms with Gasteiger partial charge in [0.25, 0.3) is 5.91 Å². The minimum absolute atomic E-state index is 0.0871. The Balaban J connectivity index is 1.41. The number of likely N-dealkylation sites (N-methyl/N-ethyl adjacent to an activating group) is 1. The zero-order valence-electron chi connectivity index (χ0n) is 19.8. The van der Waals surface area contributed by atoms with E-state index >= 15 is 0 Å². The predicted molar refractivity (Wildman–Crippen MR) is 135 cm³/mol. The van der Waals surface area contributed by atoms with Crippen LogP contribution in [-0.4, -0.2) is 54.9 Å². The number of amides is 1. The summed E-state index contributed by atoms with van der Waals surface area (Å²) < 4.78 is 5.63. The van der Waals surface area contributed by atoms with Crippen molar-refractivity contribution in [3.63, 3.8) is 0 Å². The molecule has 1 saturated heterocycles. The van der Waals surface area contributed by atoms with Crippen molar-refractivity contribution in [2.24, 2.45) is 0 Å². The first kappa shape index (κ1) is 22.9. The molecule has 180 valence electrons. The topological polar surface area (TPSA) is 77.2 Å². The van der Waals surface area contributed by atoms with Crippen LogP contribution in [0, 0.1) is 0 Å². The number of furan rings is 1. The molecule has 1 unspecified atom stereocenters. The summed E-state index contributed by atoms with van der Waals surface area (Å²) in [6.45, 7) is 3.88. The fourth-order valence-corrected chi connectivity index (χ4v) is 4.80. The Morgan fingerprint density at radius 2 is 1.63 bits per heavy atom. The zero-order chi connectivity index (χ0) is 24.4. The van der Waals surface area contributed by atoms with E-state index in [2.05, 4.69) is 16.8 Å². The van der Waals surface area contributed by atoms with Gasteiger partial charge >= 0.3 is 0 Å². The van der Waals surface area contributed by atoms with Gasteiger partial charge in [0.15, 0.2) is 11.5 Å². The van der Waals surface area contributed by atoms with Crippen LogP contribution in [0.15, 0.2) is 88.7 Å².